The smallest absolute Gasteiger partial charge is 0.410 e. The molecule has 0 spiro atoms. The standard InChI is InChI=1S/C17H22ClNO2/c1-12-11-19(16(20)21-17(2,3)4)10-9-15(12)13-5-7-14(18)8-6-13/h5-9,12H,10-11H2,1-4H3. The van der Waals surface area contributed by atoms with Crippen LogP contribution >= 0.6 is 11.6 Å². The fraction of sp³-hybridized carbons (Fsp3) is 0.471. The topological polar surface area (TPSA) is 29.5 Å². The number of carbonyl (C=O) groups excluding carboxylic acids is 1. The fourth-order valence-electron chi connectivity index (χ4n) is 2.43. The number of halogens is 1. The lowest BCUT2D eigenvalue weighted by molar-refractivity contribution is 0.0252. The molecule has 0 N–H and O–H groups in total. The average Bonchev–Trinajstić information content (AvgIpc) is 2.38. The molecule has 0 radical (unpaired) electrons. The fourth-order valence-corrected chi connectivity index (χ4v) is 2.56. The van der Waals surface area contributed by atoms with Gasteiger partial charge in [-0.25, -0.2) is 4.79 Å². The minimum atomic E-state index is -0.458. The molecular weight excluding hydrogens is 286 g/mol. The molecule has 0 saturated carbocycles. The minimum Gasteiger partial charge on any atom is -0.444 e. The lowest BCUT2D eigenvalue weighted by atomic mass is 9.91. The van der Waals surface area contributed by atoms with Crippen LogP contribution in [-0.2, 0) is 4.74 Å². The van der Waals surface area contributed by atoms with Crippen molar-refractivity contribution in [3.05, 3.63) is 40.9 Å². The van der Waals surface area contributed by atoms with Gasteiger partial charge >= 0.3 is 6.09 Å². The van der Waals surface area contributed by atoms with E-state index in [0.29, 0.717) is 13.1 Å². The zero-order valence-corrected chi connectivity index (χ0v) is 13.8. The van der Waals surface area contributed by atoms with Crippen molar-refractivity contribution in [2.24, 2.45) is 5.92 Å². The van der Waals surface area contributed by atoms with Crippen molar-refractivity contribution < 1.29 is 9.53 Å². The van der Waals surface area contributed by atoms with E-state index < -0.39 is 5.60 Å². The van der Waals surface area contributed by atoms with Crippen LogP contribution in [0.15, 0.2) is 30.3 Å². The predicted molar refractivity (Wildman–Crippen MR) is 86.4 cm³/mol. The van der Waals surface area contributed by atoms with Crippen molar-refractivity contribution in [1.82, 2.24) is 4.90 Å². The molecule has 21 heavy (non-hydrogen) atoms. The second kappa shape index (κ2) is 6.10. The Morgan fingerprint density at radius 1 is 1.29 bits per heavy atom. The molecule has 1 heterocycles. The maximum Gasteiger partial charge on any atom is 0.410 e. The molecule has 1 atom stereocenters. The molecule has 4 heteroatoms. The first-order valence-electron chi connectivity index (χ1n) is 7.20. The molecule has 114 valence electrons. The highest BCUT2D eigenvalue weighted by atomic mass is 35.5. The van der Waals surface area contributed by atoms with Gasteiger partial charge in [0.15, 0.2) is 0 Å². The first kappa shape index (κ1) is 15.9. The van der Waals surface area contributed by atoms with E-state index in [0.717, 1.165) is 10.6 Å². The van der Waals surface area contributed by atoms with Crippen LogP contribution in [0, 0.1) is 5.92 Å². The Morgan fingerprint density at radius 3 is 2.43 bits per heavy atom. The van der Waals surface area contributed by atoms with Crippen LogP contribution in [0.5, 0.6) is 0 Å². The summed E-state index contributed by atoms with van der Waals surface area (Å²) in [6.45, 7) is 9.02. The molecule has 1 aromatic rings. The molecule has 1 aliphatic heterocycles. The molecule has 3 nitrogen and oxygen atoms in total. The Bertz CT molecular complexity index is 543. The largest absolute Gasteiger partial charge is 0.444 e. The molecule has 1 amide bonds. The number of hydrogen-bond donors (Lipinski definition) is 0. The van der Waals surface area contributed by atoms with E-state index in [1.165, 1.54) is 5.57 Å². The van der Waals surface area contributed by atoms with E-state index >= 15 is 0 Å². The van der Waals surface area contributed by atoms with Gasteiger partial charge in [-0.2, -0.15) is 0 Å². The third-order valence-corrected chi connectivity index (χ3v) is 3.64. The summed E-state index contributed by atoms with van der Waals surface area (Å²) in [5.41, 5.74) is 1.96. The van der Waals surface area contributed by atoms with Crippen LogP contribution in [-0.4, -0.2) is 29.7 Å². The van der Waals surface area contributed by atoms with Gasteiger partial charge in [-0.15, -0.1) is 0 Å². The molecule has 1 unspecified atom stereocenters. The van der Waals surface area contributed by atoms with Crippen molar-refractivity contribution in [1.29, 1.82) is 0 Å². The monoisotopic (exact) mass is 307 g/mol. The van der Waals surface area contributed by atoms with Crippen LogP contribution < -0.4 is 0 Å². The van der Waals surface area contributed by atoms with E-state index in [4.69, 9.17) is 16.3 Å². The molecule has 1 aliphatic rings. The van der Waals surface area contributed by atoms with Gasteiger partial charge in [0.2, 0.25) is 0 Å². The van der Waals surface area contributed by atoms with E-state index in [1.807, 2.05) is 45.0 Å². The van der Waals surface area contributed by atoms with Gasteiger partial charge in [0, 0.05) is 18.1 Å². The minimum absolute atomic E-state index is 0.249. The Balaban J connectivity index is 2.09. The maximum atomic E-state index is 12.1. The van der Waals surface area contributed by atoms with Crippen molar-refractivity contribution in [3.63, 3.8) is 0 Å². The maximum absolute atomic E-state index is 12.1. The number of amides is 1. The quantitative estimate of drug-likeness (QED) is 0.758. The molecule has 0 fully saturated rings. The van der Waals surface area contributed by atoms with Crippen LogP contribution in [0.3, 0.4) is 0 Å². The zero-order chi connectivity index (χ0) is 15.6. The van der Waals surface area contributed by atoms with Gasteiger partial charge in [-0.1, -0.05) is 36.7 Å². The molecule has 0 saturated heterocycles. The Hall–Kier alpha value is -1.48. The first-order valence-corrected chi connectivity index (χ1v) is 7.58. The molecule has 0 aliphatic carbocycles. The summed E-state index contributed by atoms with van der Waals surface area (Å²) in [7, 11) is 0. The average molecular weight is 308 g/mol. The Morgan fingerprint density at radius 2 is 1.90 bits per heavy atom. The van der Waals surface area contributed by atoms with E-state index in [-0.39, 0.29) is 12.0 Å². The van der Waals surface area contributed by atoms with Gasteiger partial charge in [0.1, 0.15) is 5.60 Å². The number of ether oxygens (including phenoxy) is 1. The van der Waals surface area contributed by atoms with Crippen molar-refractivity contribution in [3.8, 4) is 0 Å². The van der Waals surface area contributed by atoms with Gasteiger partial charge in [-0.3, -0.25) is 0 Å². The Kier molecular flexibility index (Phi) is 4.62. The Labute approximate surface area is 131 Å². The van der Waals surface area contributed by atoms with Crippen LogP contribution in [0.2, 0.25) is 5.02 Å². The lowest BCUT2D eigenvalue weighted by Gasteiger charge is -2.33. The second-order valence-electron chi connectivity index (χ2n) is 6.45. The number of hydrogen-bond acceptors (Lipinski definition) is 2. The number of carbonyl (C=O) groups is 1. The summed E-state index contributed by atoms with van der Waals surface area (Å²) in [6, 6.07) is 7.83. The van der Waals surface area contributed by atoms with E-state index in [2.05, 4.69) is 13.0 Å². The van der Waals surface area contributed by atoms with Crippen LogP contribution in [0.4, 0.5) is 4.79 Å². The predicted octanol–water partition coefficient (Wildman–Crippen LogP) is 4.61. The molecule has 2 rings (SSSR count). The van der Waals surface area contributed by atoms with Crippen molar-refractivity contribution in [2.45, 2.75) is 33.3 Å². The van der Waals surface area contributed by atoms with E-state index in [9.17, 15) is 4.79 Å². The highest BCUT2D eigenvalue weighted by Crippen LogP contribution is 2.29. The normalized spacial score (nSPS) is 19.2. The first-order chi connectivity index (χ1) is 9.76. The van der Waals surface area contributed by atoms with Gasteiger partial charge in [0.05, 0.1) is 0 Å². The summed E-state index contributed by atoms with van der Waals surface area (Å²) >= 11 is 5.92. The molecule has 0 bridgehead atoms. The van der Waals surface area contributed by atoms with Gasteiger partial charge < -0.3 is 9.64 Å². The summed E-state index contributed by atoms with van der Waals surface area (Å²) < 4.78 is 5.42. The molecule has 1 aromatic carbocycles. The van der Waals surface area contributed by atoms with Crippen LogP contribution in [0.1, 0.15) is 33.3 Å². The summed E-state index contributed by atoms with van der Waals surface area (Å²) in [5.74, 6) is 0.271. The van der Waals surface area contributed by atoms with Crippen molar-refractivity contribution >= 4 is 23.3 Å². The number of benzene rings is 1. The highest BCUT2D eigenvalue weighted by Gasteiger charge is 2.27. The highest BCUT2D eigenvalue weighted by molar-refractivity contribution is 6.30. The van der Waals surface area contributed by atoms with Crippen molar-refractivity contribution in [2.75, 3.05) is 13.1 Å². The van der Waals surface area contributed by atoms with Crippen LogP contribution in [0.25, 0.3) is 5.57 Å². The number of nitrogens with zero attached hydrogens (tertiary/aromatic N) is 1. The number of rotatable bonds is 1. The summed E-state index contributed by atoms with van der Waals surface area (Å²) in [6.07, 6.45) is 1.85. The summed E-state index contributed by atoms with van der Waals surface area (Å²) in [4.78, 5) is 13.8. The zero-order valence-electron chi connectivity index (χ0n) is 13.0. The SMILES string of the molecule is CC1CN(C(=O)OC(C)(C)C)CC=C1c1ccc(Cl)cc1. The third kappa shape index (κ3) is 4.24. The molecule has 0 aromatic heterocycles. The van der Waals surface area contributed by atoms with Gasteiger partial charge in [-0.05, 0) is 50.0 Å². The lowest BCUT2D eigenvalue weighted by Crippen LogP contribution is -2.41. The summed E-state index contributed by atoms with van der Waals surface area (Å²) in [5, 5.41) is 0.734. The van der Waals surface area contributed by atoms with Gasteiger partial charge in [0.25, 0.3) is 0 Å². The second-order valence-corrected chi connectivity index (χ2v) is 6.89. The molecular formula is C17H22ClNO2. The van der Waals surface area contributed by atoms with E-state index in [1.54, 1.807) is 4.90 Å². The third-order valence-electron chi connectivity index (χ3n) is 3.39.